The normalized spacial score (nSPS) is 16.9. The molecule has 2 rings (SSSR count). The summed E-state index contributed by atoms with van der Waals surface area (Å²) in [5.41, 5.74) is 0.435. The predicted molar refractivity (Wildman–Crippen MR) is 77.6 cm³/mol. The lowest BCUT2D eigenvalue weighted by molar-refractivity contribution is -0.161. The van der Waals surface area contributed by atoms with E-state index in [0.717, 1.165) is 31.5 Å². The minimum atomic E-state index is -0.421. The zero-order chi connectivity index (χ0) is 14.6. The molecule has 20 heavy (non-hydrogen) atoms. The van der Waals surface area contributed by atoms with Crippen LogP contribution in [0.4, 0.5) is 0 Å². The van der Waals surface area contributed by atoms with E-state index in [-0.39, 0.29) is 18.1 Å². The second-order valence-corrected chi connectivity index (χ2v) is 5.95. The molecule has 0 atom stereocenters. The summed E-state index contributed by atoms with van der Waals surface area (Å²) in [7, 11) is 0. The van der Waals surface area contributed by atoms with Gasteiger partial charge >= 0.3 is 5.97 Å². The Labute approximate surface area is 120 Å². The number of benzene rings is 1. The number of hydrogen-bond donors (Lipinski definition) is 2. The number of carbonyl (C=O) groups is 1. The van der Waals surface area contributed by atoms with Crippen LogP contribution in [-0.2, 0) is 16.0 Å². The van der Waals surface area contributed by atoms with Crippen molar-refractivity contribution >= 4 is 5.97 Å². The van der Waals surface area contributed by atoms with Gasteiger partial charge in [-0.1, -0.05) is 12.1 Å². The molecule has 1 aromatic carbocycles. The van der Waals surface area contributed by atoms with Gasteiger partial charge in [0.2, 0.25) is 0 Å². The Morgan fingerprint density at radius 1 is 1.30 bits per heavy atom. The predicted octanol–water partition coefficient (Wildman–Crippen LogP) is 2.26. The Kier molecular flexibility index (Phi) is 4.65. The van der Waals surface area contributed by atoms with Gasteiger partial charge in [0.05, 0.1) is 6.42 Å². The molecule has 4 heteroatoms. The molecule has 1 fully saturated rings. The topological polar surface area (TPSA) is 58.6 Å². The minimum Gasteiger partial charge on any atom is -0.508 e. The summed E-state index contributed by atoms with van der Waals surface area (Å²) in [6.07, 6.45) is 2.33. The first-order valence-electron chi connectivity index (χ1n) is 7.18. The number of carbonyl (C=O) groups excluding carboxylic acids is 1. The molecule has 0 amide bonds. The van der Waals surface area contributed by atoms with Gasteiger partial charge in [0, 0.05) is 5.92 Å². The van der Waals surface area contributed by atoms with E-state index >= 15 is 0 Å². The first-order chi connectivity index (χ1) is 9.47. The van der Waals surface area contributed by atoms with E-state index in [1.807, 2.05) is 13.8 Å². The third kappa shape index (κ3) is 3.97. The summed E-state index contributed by atoms with van der Waals surface area (Å²) in [4.78, 5) is 12.1. The summed E-state index contributed by atoms with van der Waals surface area (Å²) < 4.78 is 5.68. The minimum absolute atomic E-state index is 0.206. The van der Waals surface area contributed by atoms with Crippen molar-refractivity contribution in [2.75, 3.05) is 13.1 Å². The van der Waals surface area contributed by atoms with Crippen LogP contribution in [0.3, 0.4) is 0 Å². The molecule has 2 N–H and O–H groups in total. The summed E-state index contributed by atoms with van der Waals surface area (Å²) in [5, 5.41) is 12.5. The average Bonchev–Trinajstić information content (AvgIpc) is 2.42. The maximum atomic E-state index is 12.1. The van der Waals surface area contributed by atoms with Crippen molar-refractivity contribution in [1.82, 2.24) is 5.32 Å². The van der Waals surface area contributed by atoms with Gasteiger partial charge in [0.15, 0.2) is 0 Å². The fourth-order valence-electron chi connectivity index (χ4n) is 2.71. The van der Waals surface area contributed by atoms with E-state index in [2.05, 4.69) is 5.32 Å². The second-order valence-electron chi connectivity index (χ2n) is 5.95. The Morgan fingerprint density at radius 2 is 1.90 bits per heavy atom. The number of rotatable bonds is 4. The monoisotopic (exact) mass is 277 g/mol. The molecule has 110 valence electrons. The fourth-order valence-corrected chi connectivity index (χ4v) is 2.71. The highest BCUT2D eigenvalue weighted by Gasteiger charge is 2.33. The highest BCUT2D eigenvalue weighted by molar-refractivity contribution is 5.73. The molecule has 1 aliphatic rings. The van der Waals surface area contributed by atoms with Crippen LogP contribution in [0.5, 0.6) is 5.75 Å². The molecule has 1 aliphatic heterocycles. The van der Waals surface area contributed by atoms with Crippen molar-refractivity contribution < 1.29 is 14.6 Å². The van der Waals surface area contributed by atoms with Gasteiger partial charge in [-0.3, -0.25) is 4.79 Å². The van der Waals surface area contributed by atoms with Crippen LogP contribution < -0.4 is 5.32 Å². The first-order valence-corrected chi connectivity index (χ1v) is 7.18. The highest BCUT2D eigenvalue weighted by atomic mass is 16.6. The van der Waals surface area contributed by atoms with E-state index < -0.39 is 5.60 Å². The molecule has 0 saturated carbocycles. The molecule has 0 aliphatic carbocycles. The number of nitrogens with one attached hydrogen (secondary N) is 1. The number of piperidine rings is 1. The largest absolute Gasteiger partial charge is 0.508 e. The maximum Gasteiger partial charge on any atom is 0.310 e. The van der Waals surface area contributed by atoms with Crippen LogP contribution in [0.2, 0.25) is 0 Å². The smallest absolute Gasteiger partial charge is 0.310 e. The standard InChI is InChI=1S/C16H23NO3/c1-16(2,13-7-9-17-10-8-13)20-15(19)11-12-3-5-14(18)6-4-12/h3-6,13,17-18H,7-11H2,1-2H3. The third-order valence-electron chi connectivity index (χ3n) is 3.98. The van der Waals surface area contributed by atoms with Gasteiger partial charge in [-0.05, 0) is 57.5 Å². The van der Waals surface area contributed by atoms with Crippen molar-refractivity contribution in [2.45, 2.75) is 38.7 Å². The second kappa shape index (κ2) is 6.27. The first kappa shape index (κ1) is 14.9. The summed E-state index contributed by atoms with van der Waals surface area (Å²) in [6.45, 7) is 5.97. The van der Waals surface area contributed by atoms with Crippen LogP contribution in [0.1, 0.15) is 32.3 Å². The zero-order valence-corrected chi connectivity index (χ0v) is 12.2. The van der Waals surface area contributed by atoms with Crippen LogP contribution in [-0.4, -0.2) is 29.8 Å². The van der Waals surface area contributed by atoms with Gasteiger partial charge in [-0.2, -0.15) is 0 Å². The van der Waals surface area contributed by atoms with Crippen molar-refractivity contribution in [2.24, 2.45) is 5.92 Å². The average molecular weight is 277 g/mol. The number of ether oxygens (including phenoxy) is 1. The Morgan fingerprint density at radius 3 is 2.50 bits per heavy atom. The molecule has 4 nitrogen and oxygen atoms in total. The van der Waals surface area contributed by atoms with Crippen LogP contribution in [0.15, 0.2) is 24.3 Å². The molecule has 1 saturated heterocycles. The number of aromatic hydroxyl groups is 1. The maximum absolute atomic E-state index is 12.1. The van der Waals surface area contributed by atoms with Crippen molar-refractivity contribution in [3.05, 3.63) is 29.8 Å². The lowest BCUT2D eigenvalue weighted by Gasteiger charge is -2.36. The Bertz CT molecular complexity index is 447. The van der Waals surface area contributed by atoms with Crippen molar-refractivity contribution in [1.29, 1.82) is 0 Å². The van der Waals surface area contributed by atoms with E-state index in [9.17, 15) is 9.90 Å². The van der Waals surface area contributed by atoms with Gasteiger partial charge in [-0.25, -0.2) is 0 Å². The molecule has 0 aromatic heterocycles. The molecule has 0 unspecified atom stereocenters. The number of phenolic OH excluding ortho intramolecular Hbond substituents is 1. The summed E-state index contributed by atoms with van der Waals surface area (Å²) in [6, 6.07) is 6.66. The number of phenols is 1. The molecule has 0 bridgehead atoms. The number of esters is 1. The van der Waals surface area contributed by atoms with Gasteiger partial charge in [0.25, 0.3) is 0 Å². The van der Waals surface area contributed by atoms with E-state index in [4.69, 9.17) is 4.74 Å². The molecule has 1 heterocycles. The van der Waals surface area contributed by atoms with Gasteiger partial charge < -0.3 is 15.2 Å². The van der Waals surface area contributed by atoms with Gasteiger partial charge in [-0.15, -0.1) is 0 Å². The van der Waals surface area contributed by atoms with Crippen molar-refractivity contribution in [3.8, 4) is 5.75 Å². The van der Waals surface area contributed by atoms with Crippen LogP contribution >= 0.6 is 0 Å². The van der Waals surface area contributed by atoms with E-state index in [1.54, 1.807) is 24.3 Å². The zero-order valence-electron chi connectivity index (χ0n) is 12.2. The summed E-state index contributed by atoms with van der Waals surface area (Å²) in [5.74, 6) is 0.406. The van der Waals surface area contributed by atoms with Crippen LogP contribution in [0.25, 0.3) is 0 Å². The fraction of sp³-hybridized carbons (Fsp3) is 0.562. The molecular formula is C16H23NO3. The lowest BCUT2D eigenvalue weighted by atomic mass is 9.83. The third-order valence-corrected chi connectivity index (χ3v) is 3.98. The number of hydrogen-bond acceptors (Lipinski definition) is 4. The Hall–Kier alpha value is -1.55. The Balaban J connectivity index is 1.90. The quantitative estimate of drug-likeness (QED) is 0.829. The molecule has 1 aromatic rings. The van der Waals surface area contributed by atoms with Crippen molar-refractivity contribution in [3.63, 3.8) is 0 Å². The SMILES string of the molecule is CC(C)(OC(=O)Cc1ccc(O)cc1)C1CCNCC1. The lowest BCUT2D eigenvalue weighted by Crippen LogP contribution is -2.43. The molecular weight excluding hydrogens is 254 g/mol. The highest BCUT2D eigenvalue weighted by Crippen LogP contribution is 2.29. The summed E-state index contributed by atoms with van der Waals surface area (Å²) >= 11 is 0. The van der Waals surface area contributed by atoms with E-state index in [1.165, 1.54) is 0 Å². The molecule has 0 spiro atoms. The van der Waals surface area contributed by atoms with Crippen LogP contribution in [0, 0.1) is 5.92 Å². The van der Waals surface area contributed by atoms with E-state index in [0.29, 0.717) is 5.92 Å². The van der Waals surface area contributed by atoms with Gasteiger partial charge in [0.1, 0.15) is 11.4 Å². The molecule has 0 radical (unpaired) electrons.